The molecule has 1 aliphatic heterocycles. The Balaban J connectivity index is 1.49. The molecule has 150 valence electrons. The Morgan fingerprint density at radius 3 is 2.52 bits per heavy atom. The Hall–Kier alpha value is -2.57. The zero-order chi connectivity index (χ0) is 20.3. The molecule has 6 heteroatoms. The van der Waals surface area contributed by atoms with Gasteiger partial charge in [0, 0.05) is 24.2 Å². The van der Waals surface area contributed by atoms with Crippen molar-refractivity contribution in [1.29, 1.82) is 0 Å². The molecule has 0 saturated carbocycles. The maximum Gasteiger partial charge on any atom is 0.226 e. The fourth-order valence-electron chi connectivity index (χ4n) is 3.67. The maximum absolute atomic E-state index is 13.4. The number of carbonyl (C=O) groups excluding carboxylic acids is 1. The molecular weight excluding hydrogens is 387 g/mol. The second-order valence-electron chi connectivity index (χ2n) is 7.44. The summed E-state index contributed by atoms with van der Waals surface area (Å²) >= 11 is 1.54. The molecule has 1 amide bonds. The summed E-state index contributed by atoms with van der Waals surface area (Å²) in [7, 11) is 0. The van der Waals surface area contributed by atoms with E-state index in [-0.39, 0.29) is 18.1 Å². The molecule has 0 radical (unpaired) electrons. The number of halogens is 1. The lowest BCUT2D eigenvalue weighted by molar-refractivity contribution is -0.123. The van der Waals surface area contributed by atoms with E-state index in [0.717, 1.165) is 21.8 Å². The van der Waals surface area contributed by atoms with Gasteiger partial charge in [-0.15, -0.1) is 11.3 Å². The SMILES string of the molecule is Cc1ccc(-c2nc(CC(=O)NC3(c4ccc(F)cc4)CCOCC3)cs2)cc1. The van der Waals surface area contributed by atoms with Gasteiger partial charge in [-0.1, -0.05) is 42.0 Å². The lowest BCUT2D eigenvalue weighted by Crippen LogP contribution is -2.50. The minimum atomic E-state index is -0.529. The molecule has 1 aromatic heterocycles. The number of benzene rings is 2. The molecule has 0 bridgehead atoms. The molecule has 3 aromatic rings. The minimum absolute atomic E-state index is 0.0861. The number of thiazole rings is 1. The summed E-state index contributed by atoms with van der Waals surface area (Å²) < 4.78 is 18.9. The summed E-state index contributed by atoms with van der Waals surface area (Å²) in [6, 6.07) is 14.6. The minimum Gasteiger partial charge on any atom is -0.381 e. The van der Waals surface area contributed by atoms with Gasteiger partial charge in [-0.05, 0) is 37.5 Å². The van der Waals surface area contributed by atoms with Crippen LogP contribution in [0.5, 0.6) is 0 Å². The largest absolute Gasteiger partial charge is 0.381 e. The van der Waals surface area contributed by atoms with Crippen molar-refractivity contribution in [1.82, 2.24) is 10.3 Å². The van der Waals surface area contributed by atoms with Gasteiger partial charge in [-0.3, -0.25) is 4.79 Å². The fourth-order valence-corrected chi connectivity index (χ4v) is 4.49. The number of nitrogens with zero attached hydrogens (tertiary/aromatic N) is 1. The molecule has 2 heterocycles. The first-order chi connectivity index (χ1) is 14.0. The number of rotatable bonds is 5. The molecule has 1 aliphatic rings. The predicted molar refractivity (Wildman–Crippen MR) is 112 cm³/mol. The van der Waals surface area contributed by atoms with E-state index in [1.807, 2.05) is 17.5 Å². The van der Waals surface area contributed by atoms with Gasteiger partial charge in [-0.2, -0.15) is 0 Å². The van der Waals surface area contributed by atoms with Crippen LogP contribution in [0.2, 0.25) is 0 Å². The summed E-state index contributed by atoms with van der Waals surface area (Å²) in [5, 5.41) is 6.04. The third-order valence-corrected chi connectivity index (χ3v) is 6.25. The summed E-state index contributed by atoms with van der Waals surface area (Å²) in [4.78, 5) is 17.5. The summed E-state index contributed by atoms with van der Waals surface area (Å²) in [6.07, 6.45) is 1.54. The maximum atomic E-state index is 13.4. The Morgan fingerprint density at radius 1 is 1.14 bits per heavy atom. The normalized spacial score (nSPS) is 15.8. The lowest BCUT2D eigenvalue weighted by atomic mass is 9.82. The van der Waals surface area contributed by atoms with Crippen LogP contribution in [0.4, 0.5) is 4.39 Å². The first-order valence-corrected chi connectivity index (χ1v) is 10.6. The van der Waals surface area contributed by atoms with Gasteiger partial charge >= 0.3 is 0 Å². The van der Waals surface area contributed by atoms with E-state index in [4.69, 9.17) is 4.74 Å². The van der Waals surface area contributed by atoms with E-state index in [9.17, 15) is 9.18 Å². The van der Waals surface area contributed by atoms with E-state index in [1.54, 1.807) is 23.5 Å². The molecule has 0 atom stereocenters. The Bertz CT molecular complexity index is 977. The quantitative estimate of drug-likeness (QED) is 0.668. The fraction of sp³-hybridized carbons (Fsp3) is 0.304. The van der Waals surface area contributed by atoms with Crippen molar-refractivity contribution in [2.24, 2.45) is 0 Å². The van der Waals surface area contributed by atoms with Crippen molar-refractivity contribution < 1.29 is 13.9 Å². The number of hydrogen-bond donors (Lipinski definition) is 1. The molecule has 0 spiro atoms. The molecule has 2 aromatic carbocycles. The monoisotopic (exact) mass is 410 g/mol. The van der Waals surface area contributed by atoms with E-state index in [1.165, 1.54) is 17.7 Å². The van der Waals surface area contributed by atoms with E-state index < -0.39 is 5.54 Å². The number of ether oxygens (including phenoxy) is 1. The molecule has 29 heavy (non-hydrogen) atoms. The van der Waals surface area contributed by atoms with Crippen LogP contribution in [0.25, 0.3) is 10.6 Å². The van der Waals surface area contributed by atoms with Crippen LogP contribution in [-0.4, -0.2) is 24.1 Å². The van der Waals surface area contributed by atoms with Crippen molar-refractivity contribution >= 4 is 17.2 Å². The smallest absolute Gasteiger partial charge is 0.226 e. The first-order valence-electron chi connectivity index (χ1n) is 9.70. The number of aryl methyl sites for hydroxylation is 1. The number of nitrogens with one attached hydrogen (secondary N) is 1. The van der Waals surface area contributed by atoms with Gasteiger partial charge in [0.05, 0.1) is 17.7 Å². The van der Waals surface area contributed by atoms with Gasteiger partial charge in [0.25, 0.3) is 0 Å². The van der Waals surface area contributed by atoms with Crippen molar-refractivity contribution in [2.75, 3.05) is 13.2 Å². The highest BCUT2D eigenvalue weighted by molar-refractivity contribution is 7.13. The third kappa shape index (κ3) is 4.54. The van der Waals surface area contributed by atoms with Gasteiger partial charge in [-0.25, -0.2) is 9.37 Å². The van der Waals surface area contributed by atoms with Crippen LogP contribution < -0.4 is 5.32 Å². The van der Waals surface area contributed by atoms with Crippen molar-refractivity contribution in [3.05, 3.63) is 76.5 Å². The highest BCUT2D eigenvalue weighted by Gasteiger charge is 2.36. The number of aromatic nitrogens is 1. The Labute approximate surface area is 173 Å². The third-order valence-electron chi connectivity index (χ3n) is 5.31. The highest BCUT2D eigenvalue weighted by Crippen LogP contribution is 2.32. The average Bonchev–Trinajstić information content (AvgIpc) is 3.18. The zero-order valence-electron chi connectivity index (χ0n) is 16.3. The molecule has 1 fully saturated rings. The van der Waals surface area contributed by atoms with Crippen LogP contribution in [0.3, 0.4) is 0 Å². The zero-order valence-corrected chi connectivity index (χ0v) is 17.1. The van der Waals surface area contributed by atoms with E-state index in [2.05, 4.69) is 29.4 Å². The van der Waals surface area contributed by atoms with Crippen molar-refractivity contribution in [2.45, 2.75) is 31.7 Å². The summed E-state index contributed by atoms with van der Waals surface area (Å²) in [5.41, 5.74) is 3.39. The highest BCUT2D eigenvalue weighted by atomic mass is 32.1. The van der Waals surface area contributed by atoms with Crippen LogP contribution >= 0.6 is 11.3 Å². The van der Waals surface area contributed by atoms with Crippen molar-refractivity contribution in [3.8, 4) is 10.6 Å². The Kier molecular flexibility index (Phi) is 5.74. The van der Waals surface area contributed by atoms with Crippen LogP contribution in [-0.2, 0) is 21.5 Å². The second kappa shape index (κ2) is 8.43. The average molecular weight is 411 g/mol. The first kappa shape index (κ1) is 19.7. The summed E-state index contributed by atoms with van der Waals surface area (Å²) in [6.45, 7) is 3.17. The standard InChI is InChI=1S/C23H23FN2O2S/c1-16-2-4-17(5-3-16)22-25-20(15-29-22)14-21(27)26-23(10-12-28-13-11-23)18-6-8-19(24)9-7-18/h2-9,15H,10-14H2,1H3,(H,26,27). The van der Waals surface area contributed by atoms with Crippen molar-refractivity contribution in [3.63, 3.8) is 0 Å². The number of carbonyl (C=O) groups is 1. The molecule has 4 nitrogen and oxygen atoms in total. The van der Waals surface area contributed by atoms with Gasteiger partial charge < -0.3 is 10.1 Å². The molecule has 0 aliphatic carbocycles. The molecular formula is C23H23FN2O2S. The molecule has 1 N–H and O–H groups in total. The van der Waals surface area contributed by atoms with Crippen LogP contribution in [0.1, 0.15) is 29.7 Å². The number of amides is 1. The molecule has 0 unspecified atom stereocenters. The topological polar surface area (TPSA) is 51.2 Å². The number of hydrogen-bond acceptors (Lipinski definition) is 4. The Morgan fingerprint density at radius 2 is 1.83 bits per heavy atom. The lowest BCUT2D eigenvalue weighted by Gasteiger charge is -2.38. The van der Waals surface area contributed by atoms with Gasteiger partial charge in [0.15, 0.2) is 0 Å². The van der Waals surface area contributed by atoms with E-state index >= 15 is 0 Å². The van der Waals surface area contributed by atoms with E-state index in [0.29, 0.717) is 26.1 Å². The van der Waals surface area contributed by atoms with Gasteiger partial charge in [0.2, 0.25) is 5.91 Å². The predicted octanol–water partition coefficient (Wildman–Crippen LogP) is 4.62. The summed E-state index contributed by atoms with van der Waals surface area (Å²) in [5.74, 6) is -0.370. The van der Waals surface area contributed by atoms with Crippen LogP contribution in [0, 0.1) is 12.7 Å². The second-order valence-corrected chi connectivity index (χ2v) is 8.29. The molecule has 1 saturated heterocycles. The van der Waals surface area contributed by atoms with Gasteiger partial charge in [0.1, 0.15) is 10.8 Å². The molecule has 4 rings (SSSR count). The van der Waals surface area contributed by atoms with Crippen LogP contribution in [0.15, 0.2) is 53.9 Å².